The quantitative estimate of drug-likeness (QED) is 0.779. The van der Waals surface area contributed by atoms with E-state index in [0.29, 0.717) is 17.1 Å². The largest absolute Gasteiger partial charge is 0.458 e. The molecule has 2 rings (SSSR count). The number of carbonyl (C=O) groups excluding carboxylic acids is 1. The molecule has 0 spiro atoms. The van der Waals surface area contributed by atoms with E-state index in [1.165, 1.54) is 4.68 Å². The second kappa shape index (κ2) is 4.97. The molecule has 1 aromatic heterocycles. The topological polar surface area (TPSA) is 73.4 Å². The van der Waals surface area contributed by atoms with Crippen LogP contribution in [0.1, 0.15) is 29.0 Å². The highest BCUT2D eigenvalue weighted by atomic mass is 16.5. The summed E-state index contributed by atoms with van der Waals surface area (Å²) in [5, 5.41) is 4.12. The number of carbonyl (C=O) groups is 1. The van der Waals surface area contributed by atoms with E-state index in [1.54, 1.807) is 14.0 Å². The van der Waals surface area contributed by atoms with Gasteiger partial charge in [0, 0.05) is 20.1 Å². The normalized spacial score (nSPS) is 17.9. The summed E-state index contributed by atoms with van der Waals surface area (Å²) in [5.41, 5.74) is 7.26. The molecule has 1 saturated heterocycles. The van der Waals surface area contributed by atoms with Gasteiger partial charge in [0.05, 0.1) is 11.4 Å². The van der Waals surface area contributed by atoms with Crippen molar-refractivity contribution >= 4 is 11.7 Å². The predicted molar refractivity (Wildman–Crippen MR) is 68.3 cm³/mol. The molecule has 0 aromatic carbocycles. The summed E-state index contributed by atoms with van der Waals surface area (Å²) in [6, 6.07) is 0. The summed E-state index contributed by atoms with van der Waals surface area (Å²) < 4.78 is 6.98. The SMILES string of the molecule is Cc1nn(C)c(C(=O)OC2CCN(C)CC2)c1N. The maximum absolute atomic E-state index is 12.1. The summed E-state index contributed by atoms with van der Waals surface area (Å²) in [6.07, 6.45) is 1.74. The van der Waals surface area contributed by atoms with Gasteiger partial charge in [-0.2, -0.15) is 5.10 Å². The molecule has 0 radical (unpaired) electrons. The van der Waals surface area contributed by atoms with E-state index >= 15 is 0 Å². The van der Waals surface area contributed by atoms with Crippen molar-refractivity contribution in [3.8, 4) is 0 Å². The van der Waals surface area contributed by atoms with Gasteiger partial charge >= 0.3 is 5.97 Å². The Morgan fingerprint density at radius 1 is 1.39 bits per heavy atom. The van der Waals surface area contributed by atoms with E-state index in [0.717, 1.165) is 25.9 Å². The Balaban J connectivity index is 2.04. The zero-order chi connectivity index (χ0) is 13.3. The van der Waals surface area contributed by atoms with Gasteiger partial charge in [-0.25, -0.2) is 4.79 Å². The molecule has 1 aliphatic rings. The number of aryl methyl sites for hydroxylation is 2. The van der Waals surface area contributed by atoms with Crippen LogP contribution in [0.15, 0.2) is 0 Å². The van der Waals surface area contributed by atoms with Crippen molar-refractivity contribution in [3.05, 3.63) is 11.4 Å². The monoisotopic (exact) mass is 252 g/mol. The molecule has 2 heterocycles. The Morgan fingerprint density at radius 2 is 2.00 bits per heavy atom. The van der Waals surface area contributed by atoms with Crippen LogP contribution in [0.5, 0.6) is 0 Å². The summed E-state index contributed by atoms with van der Waals surface area (Å²) in [4.78, 5) is 14.3. The van der Waals surface area contributed by atoms with Crippen molar-refractivity contribution in [2.24, 2.45) is 7.05 Å². The molecule has 1 fully saturated rings. The van der Waals surface area contributed by atoms with Gasteiger partial charge in [0.15, 0.2) is 5.69 Å². The number of anilines is 1. The van der Waals surface area contributed by atoms with E-state index in [1.807, 2.05) is 0 Å². The third-order valence-corrected chi connectivity index (χ3v) is 3.40. The molecule has 6 nitrogen and oxygen atoms in total. The molecule has 0 amide bonds. The fraction of sp³-hybridized carbons (Fsp3) is 0.667. The zero-order valence-electron chi connectivity index (χ0n) is 11.1. The number of ether oxygens (including phenoxy) is 1. The van der Waals surface area contributed by atoms with Gasteiger partial charge in [-0.15, -0.1) is 0 Å². The third kappa shape index (κ3) is 2.48. The first-order chi connectivity index (χ1) is 8.49. The lowest BCUT2D eigenvalue weighted by Crippen LogP contribution is -2.35. The van der Waals surface area contributed by atoms with Gasteiger partial charge in [0.1, 0.15) is 6.10 Å². The number of likely N-dealkylation sites (tertiary alicyclic amines) is 1. The van der Waals surface area contributed by atoms with Gasteiger partial charge in [-0.3, -0.25) is 4.68 Å². The minimum atomic E-state index is -0.370. The average molecular weight is 252 g/mol. The van der Waals surface area contributed by atoms with Crippen LogP contribution in [0.25, 0.3) is 0 Å². The molecule has 0 atom stereocenters. The van der Waals surface area contributed by atoms with Crippen LogP contribution in [-0.4, -0.2) is 46.9 Å². The predicted octanol–water partition coefficient (Wildman–Crippen LogP) is 0.562. The minimum Gasteiger partial charge on any atom is -0.458 e. The maximum Gasteiger partial charge on any atom is 0.359 e. The Morgan fingerprint density at radius 3 is 2.50 bits per heavy atom. The van der Waals surface area contributed by atoms with Gasteiger partial charge in [-0.05, 0) is 26.8 Å². The van der Waals surface area contributed by atoms with E-state index < -0.39 is 0 Å². The molecule has 1 aliphatic heterocycles. The Hall–Kier alpha value is -1.56. The number of hydrogen-bond acceptors (Lipinski definition) is 5. The number of nitrogens with two attached hydrogens (primary N) is 1. The first-order valence-electron chi connectivity index (χ1n) is 6.17. The van der Waals surface area contributed by atoms with Gasteiger partial charge in [0.25, 0.3) is 0 Å². The van der Waals surface area contributed by atoms with Crippen LogP contribution in [0, 0.1) is 6.92 Å². The Labute approximate surface area is 107 Å². The Bertz CT molecular complexity index is 447. The minimum absolute atomic E-state index is 0.0108. The third-order valence-electron chi connectivity index (χ3n) is 3.40. The lowest BCUT2D eigenvalue weighted by molar-refractivity contribution is 0.0129. The van der Waals surface area contributed by atoms with Crippen molar-refractivity contribution in [2.45, 2.75) is 25.9 Å². The Kier molecular flexibility index (Phi) is 3.56. The summed E-state index contributed by atoms with van der Waals surface area (Å²) >= 11 is 0. The van der Waals surface area contributed by atoms with E-state index in [9.17, 15) is 4.79 Å². The molecular formula is C12H20N4O2. The van der Waals surface area contributed by atoms with Crippen LogP contribution >= 0.6 is 0 Å². The first kappa shape index (κ1) is 12.9. The number of rotatable bonds is 2. The molecular weight excluding hydrogens is 232 g/mol. The van der Waals surface area contributed by atoms with Gasteiger partial charge in [-0.1, -0.05) is 0 Å². The van der Waals surface area contributed by atoms with Gasteiger partial charge in [0.2, 0.25) is 0 Å². The number of aromatic nitrogens is 2. The van der Waals surface area contributed by atoms with Crippen LogP contribution in [0.2, 0.25) is 0 Å². The fourth-order valence-corrected chi connectivity index (χ4v) is 2.23. The van der Waals surface area contributed by atoms with Gasteiger partial charge < -0.3 is 15.4 Å². The highest BCUT2D eigenvalue weighted by Crippen LogP contribution is 2.19. The number of piperidine rings is 1. The van der Waals surface area contributed by atoms with Crippen molar-refractivity contribution < 1.29 is 9.53 Å². The van der Waals surface area contributed by atoms with Crippen molar-refractivity contribution in [2.75, 3.05) is 25.9 Å². The highest BCUT2D eigenvalue weighted by Gasteiger charge is 2.25. The number of esters is 1. The molecule has 100 valence electrons. The molecule has 0 aliphatic carbocycles. The molecule has 0 saturated carbocycles. The lowest BCUT2D eigenvalue weighted by Gasteiger charge is -2.28. The van der Waals surface area contributed by atoms with E-state index in [-0.39, 0.29) is 12.1 Å². The summed E-state index contributed by atoms with van der Waals surface area (Å²) in [6.45, 7) is 3.69. The second-order valence-electron chi connectivity index (χ2n) is 4.88. The maximum atomic E-state index is 12.1. The molecule has 18 heavy (non-hydrogen) atoms. The van der Waals surface area contributed by atoms with Crippen molar-refractivity contribution in [1.29, 1.82) is 0 Å². The first-order valence-corrected chi connectivity index (χ1v) is 6.17. The van der Waals surface area contributed by atoms with Crippen LogP contribution in [0.4, 0.5) is 5.69 Å². The molecule has 6 heteroatoms. The average Bonchev–Trinajstić information content (AvgIpc) is 2.56. The summed E-state index contributed by atoms with van der Waals surface area (Å²) in [7, 11) is 3.77. The molecule has 0 unspecified atom stereocenters. The molecule has 0 bridgehead atoms. The van der Waals surface area contributed by atoms with Crippen LogP contribution in [-0.2, 0) is 11.8 Å². The lowest BCUT2D eigenvalue weighted by atomic mass is 10.1. The number of nitrogen functional groups attached to an aromatic ring is 1. The zero-order valence-corrected chi connectivity index (χ0v) is 11.1. The number of hydrogen-bond donors (Lipinski definition) is 1. The van der Waals surface area contributed by atoms with Crippen molar-refractivity contribution in [1.82, 2.24) is 14.7 Å². The van der Waals surface area contributed by atoms with Crippen LogP contribution in [0.3, 0.4) is 0 Å². The standard InChI is InChI=1S/C12H20N4O2/c1-8-10(13)11(16(3)14-8)12(17)18-9-4-6-15(2)7-5-9/h9H,4-7,13H2,1-3H3. The van der Waals surface area contributed by atoms with E-state index in [4.69, 9.17) is 10.5 Å². The van der Waals surface area contributed by atoms with Crippen molar-refractivity contribution in [3.63, 3.8) is 0 Å². The highest BCUT2D eigenvalue weighted by molar-refractivity contribution is 5.93. The van der Waals surface area contributed by atoms with E-state index in [2.05, 4.69) is 17.0 Å². The molecule has 1 aromatic rings. The molecule has 2 N–H and O–H groups in total. The summed E-state index contributed by atoms with van der Waals surface area (Å²) in [5.74, 6) is -0.370. The smallest absolute Gasteiger partial charge is 0.359 e. The second-order valence-corrected chi connectivity index (χ2v) is 4.88. The fourth-order valence-electron chi connectivity index (χ4n) is 2.23. The number of nitrogens with zero attached hydrogens (tertiary/aromatic N) is 3. The van der Waals surface area contributed by atoms with Crippen LogP contribution < -0.4 is 5.73 Å².